The van der Waals surface area contributed by atoms with Crippen molar-refractivity contribution in [2.75, 3.05) is 17.6 Å². The minimum Gasteiger partial charge on any atom is -0.480 e. The lowest BCUT2D eigenvalue weighted by atomic mass is 10.1. The number of nitrogens with zero attached hydrogens (tertiary/aromatic N) is 3. The van der Waals surface area contributed by atoms with E-state index < -0.39 is 23.5 Å². The number of rotatable bonds is 10. The van der Waals surface area contributed by atoms with Gasteiger partial charge in [-0.25, -0.2) is 14.8 Å². The number of aromatic amines is 1. The van der Waals surface area contributed by atoms with Crippen LogP contribution < -0.4 is 27.2 Å². The summed E-state index contributed by atoms with van der Waals surface area (Å²) in [5.74, 6) is -2.11. The molecule has 3 rings (SSSR count). The number of carbonyl (C=O) groups excluding carboxylic acids is 2. The summed E-state index contributed by atoms with van der Waals surface area (Å²) in [7, 11) is 0. The second-order valence-electron chi connectivity index (χ2n) is 7.27. The molecule has 13 nitrogen and oxygen atoms in total. The summed E-state index contributed by atoms with van der Waals surface area (Å²) in [6.07, 6.45) is 1.43. The van der Waals surface area contributed by atoms with E-state index in [2.05, 4.69) is 35.9 Å². The standard InChI is InChI=1S/C21H24N8O5/c1-2-23-15(30)8-7-14(20(33)34)27-18(31)11-3-5-12(6-4-11)24-9-13-10-25-17-16(26-13)19(32)29-21(22)28-17/h3-6,10,14,24H,2,7-9H2,1H3,(H,23,30)(H,27,31)(H,33,34)(H3,22,25,28,29,32)/t14-/m0/s1. The number of benzene rings is 1. The van der Waals surface area contributed by atoms with E-state index in [0.717, 1.165) is 0 Å². The zero-order valence-electron chi connectivity index (χ0n) is 18.3. The molecule has 0 saturated carbocycles. The SMILES string of the molecule is CCNC(=O)CC[C@H](NC(=O)c1ccc(NCc2cnc3nc(N)[nH]c(=O)c3n2)cc1)C(=O)O. The first-order valence-electron chi connectivity index (χ1n) is 10.4. The summed E-state index contributed by atoms with van der Waals surface area (Å²) in [5.41, 5.74) is 6.63. The van der Waals surface area contributed by atoms with Gasteiger partial charge in [0.25, 0.3) is 11.5 Å². The van der Waals surface area contributed by atoms with Crippen molar-refractivity contribution in [2.24, 2.45) is 0 Å². The van der Waals surface area contributed by atoms with E-state index in [1.165, 1.54) is 18.3 Å². The topological polar surface area (TPSA) is 205 Å². The Bertz CT molecular complexity index is 1260. The molecule has 0 saturated heterocycles. The van der Waals surface area contributed by atoms with Crippen molar-refractivity contribution >= 4 is 40.6 Å². The highest BCUT2D eigenvalue weighted by molar-refractivity contribution is 5.97. The first-order valence-corrected chi connectivity index (χ1v) is 10.4. The van der Waals surface area contributed by atoms with Crippen LogP contribution in [0.25, 0.3) is 11.2 Å². The lowest BCUT2D eigenvalue weighted by Gasteiger charge is -2.14. The number of hydrogen-bond donors (Lipinski definition) is 6. The highest BCUT2D eigenvalue weighted by Crippen LogP contribution is 2.12. The zero-order valence-corrected chi connectivity index (χ0v) is 18.3. The van der Waals surface area contributed by atoms with E-state index in [9.17, 15) is 24.3 Å². The van der Waals surface area contributed by atoms with Crippen molar-refractivity contribution in [3.63, 3.8) is 0 Å². The quantitative estimate of drug-likeness (QED) is 0.235. The Balaban J connectivity index is 1.59. The number of nitrogen functional groups attached to an aromatic ring is 1. The summed E-state index contributed by atoms with van der Waals surface area (Å²) >= 11 is 0. The number of amides is 2. The van der Waals surface area contributed by atoms with Crippen molar-refractivity contribution in [1.82, 2.24) is 30.6 Å². The molecule has 0 aliphatic heterocycles. The molecule has 0 radical (unpaired) electrons. The molecular weight excluding hydrogens is 444 g/mol. The highest BCUT2D eigenvalue weighted by atomic mass is 16.4. The second kappa shape index (κ2) is 10.8. The predicted molar refractivity (Wildman–Crippen MR) is 123 cm³/mol. The number of aliphatic carboxylic acids is 1. The molecule has 13 heteroatoms. The molecule has 0 bridgehead atoms. The van der Waals surface area contributed by atoms with Gasteiger partial charge in [-0.15, -0.1) is 0 Å². The van der Waals surface area contributed by atoms with E-state index in [1.54, 1.807) is 19.1 Å². The average Bonchev–Trinajstić information content (AvgIpc) is 2.80. The van der Waals surface area contributed by atoms with Crippen molar-refractivity contribution in [3.8, 4) is 0 Å². The molecule has 178 valence electrons. The number of nitrogens with two attached hydrogens (primary N) is 1. The van der Waals surface area contributed by atoms with Gasteiger partial charge in [-0.1, -0.05) is 0 Å². The van der Waals surface area contributed by atoms with E-state index in [4.69, 9.17) is 5.73 Å². The number of H-pyrrole nitrogens is 1. The molecule has 0 spiro atoms. The number of carboxylic acid groups (broad SMARTS) is 1. The van der Waals surface area contributed by atoms with Crippen molar-refractivity contribution < 1.29 is 19.5 Å². The van der Waals surface area contributed by atoms with Crippen molar-refractivity contribution in [1.29, 1.82) is 0 Å². The third kappa shape index (κ3) is 6.25. The predicted octanol–water partition coefficient (Wildman–Crippen LogP) is 0.00670. The van der Waals surface area contributed by atoms with Crippen LogP contribution in [0.2, 0.25) is 0 Å². The third-order valence-corrected chi connectivity index (χ3v) is 4.74. The van der Waals surface area contributed by atoms with E-state index in [0.29, 0.717) is 17.9 Å². The molecule has 1 aromatic carbocycles. The first kappa shape index (κ1) is 24.1. The monoisotopic (exact) mass is 468 g/mol. The van der Waals surface area contributed by atoms with Crippen LogP contribution in [0, 0.1) is 0 Å². The molecule has 0 aliphatic rings. The van der Waals surface area contributed by atoms with Crippen LogP contribution in [0.3, 0.4) is 0 Å². The van der Waals surface area contributed by atoms with Crippen LogP contribution in [0.4, 0.5) is 11.6 Å². The first-order chi connectivity index (χ1) is 16.3. The van der Waals surface area contributed by atoms with E-state index in [-0.39, 0.29) is 48.0 Å². The molecule has 7 N–H and O–H groups in total. The van der Waals surface area contributed by atoms with Gasteiger partial charge in [0.05, 0.1) is 18.4 Å². The summed E-state index contributed by atoms with van der Waals surface area (Å²) in [4.78, 5) is 62.0. The number of anilines is 2. The van der Waals surface area contributed by atoms with E-state index >= 15 is 0 Å². The normalized spacial score (nSPS) is 11.6. The van der Waals surface area contributed by atoms with Gasteiger partial charge in [-0.2, -0.15) is 4.98 Å². The van der Waals surface area contributed by atoms with E-state index in [1.807, 2.05) is 0 Å². The Kier molecular flexibility index (Phi) is 7.69. The fourth-order valence-electron chi connectivity index (χ4n) is 3.05. The maximum Gasteiger partial charge on any atom is 0.326 e. The molecule has 1 atom stereocenters. The molecule has 3 aromatic rings. The van der Waals surface area contributed by atoms with Gasteiger partial charge in [0.15, 0.2) is 11.2 Å². The summed E-state index contributed by atoms with van der Waals surface area (Å²) in [6, 6.07) is 5.16. The zero-order chi connectivity index (χ0) is 24.7. The molecule has 2 heterocycles. The highest BCUT2D eigenvalue weighted by Gasteiger charge is 2.21. The van der Waals surface area contributed by atoms with Gasteiger partial charge in [0.2, 0.25) is 11.9 Å². The number of carbonyl (C=O) groups is 3. The minimum absolute atomic E-state index is 0.0130. The van der Waals surface area contributed by atoms with Gasteiger partial charge in [-0.3, -0.25) is 19.4 Å². The van der Waals surface area contributed by atoms with Gasteiger partial charge in [0.1, 0.15) is 6.04 Å². The lowest BCUT2D eigenvalue weighted by Crippen LogP contribution is -2.41. The van der Waals surface area contributed by atoms with Gasteiger partial charge in [0, 0.05) is 24.2 Å². The van der Waals surface area contributed by atoms with Crippen LogP contribution in [0.15, 0.2) is 35.3 Å². The Morgan fingerprint density at radius 1 is 1.18 bits per heavy atom. The Morgan fingerprint density at radius 3 is 2.59 bits per heavy atom. The van der Waals surface area contributed by atoms with Crippen LogP contribution >= 0.6 is 0 Å². The number of hydrogen-bond acceptors (Lipinski definition) is 9. The van der Waals surface area contributed by atoms with Crippen LogP contribution in [-0.2, 0) is 16.1 Å². The molecule has 2 amide bonds. The third-order valence-electron chi connectivity index (χ3n) is 4.74. The van der Waals surface area contributed by atoms with Crippen LogP contribution in [-0.4, -0.2) is 55.4 Å². The minimum atomic E-state index is -1.22. The fourth-order valence-corrected chi connectivity index (χ4v) is 3.05. The van der Waals surface area contributed by atoms with Gasteiger partial charge < -0.3 is 26.8 Å². The molecule has 34 heavy (non-hydrogen) atoms. The Labute approximate surface area is 193 Å². The average molecular weight is 468 g/mol. The Morgan fingerprint density at radius 2 is 1.91 bits per heavy atom. The Hall–Kier alpha value is -4.55. The number of aromatic nitrogens is 4. The summed E-state index contributed by atoms with van der Waals surface area (Å²) in [5, 5.41) is 17.4. The fraction of sp³-hybridized carbons (Fsp3) is 0.286. The molecule has 0 unspecified atom stereocenters. The van der Waals surface area contributed by atoms with Crippen molar-refractivity contribution in [3.05, 3.63) is 52.1 Å². The van der Waals surface area contributed by atoms with Gasteiger partial charge >= 0.3 is 5.97 Å². The number of carboxylic acids is 1. The molecule has 2 aromatic heterocycles. The lowest BCUT2D eigenvalue weighted by molar-refractivity contribution is -0.139. The van der Waals surface area contributed by atoms with Crippen LogP contribution in [0.5, 0.6) is 0 Å². The maximum absolute atomic E-state index is 12.4. The van der Waals surface area contributed by atoms with Crippen LogP contribution in [0.1, 0.15) is 35.8 Å². The van der Waals surface area contributed by atoms with Gasteiger partial charge in [-0.05, 0) is 37.6 Å². The molecular formula is C21H24N8O5. The number of fused-ring (bicyclic) bond motifs is 1. The molecule has 0 fully saturated rings. The number of nitrogens with one attached hydrogen (secondary N) is 4. The van der Waals surface area contributed by atoms with Crippen molar-refractivity contribution in [2.45, 2.75) is 32.4 Å². The smallest absolute Gasteiger partial charge is 0.326 e. The largest absolute Gasteiger partial charge is 0.480 e. The maximum atomic E-state index is 12.4. The summed E-state index contributed by atoms with van der Waals surface area (Å²) in [6.45, 7) is 2.46. The summed E-state index contributed by atoms with van der Waals surface area (Å²) < 4.78 is 0. The second-order valence-corrected chi connectivity index (χ2v) is 7.27. The molecule has 0 aliphatic carbocycles.